The summed E-state index contributed by atoms with van der Waals surface area (Å²) in [7, 11) is 0. The van der Waals surface area contributed by atoms with Gasteiger partial charge in [-0.1, -0.05) is 18.3 Å². The quantitative estimate of drug-likeness (QED) is 0.783. The van der Waals surface area contributed by atoms with Crippen LogP contribution in [0.4, 0.5) is 8.78 Å². The highest BCUT2D eigenvalue weighted by atomic mass is 32.1. The van der Waals surface area contributed by atoms with Crippen LogP contribution in [-0.2, 0) is 0 Å². The van der Waals surface area contributed by atoms with Crippen molar-refractivity contribution in [3.63, 3.8) is 0 Å². The Bertz CT molecular complexity index is 427. The minimum atomic E-state index is -2.93. The number of nitrogens with one attached hydrogen (secondary N) is 1. The van der Waals surface area contributed by atoms with Gasteiger partial charge in [-0.15, -0.1) is 0 Å². The number of halogens is 2. The van der Waals surface area contributed by atoms with Crippen LogP contribution in [0, 0.1) is 0 Å². The van der Waals surface area contributed by atoms with Crippen LogP contribution in [0.1, 0.15) is 10.4 Å². The molecule has 0 unspecified atom stereocenters. The van der Waals surface area contributed by atoms with Crippen molar-refractivity contribution in [2.24, 2.45) is 5.73 Å². The highest BCUT2D eigenvalue weighted by molar-refractivity contribution is 7.80. The minimum absolute atomic E-state index is 0.0497. The number of amides is 1. The SMILES string of the molecule is NC(=S)CNC(=O)c1cccc(OC(F)F)c1. The summed E-state index contributed by atoms with van der Waals surface area (Å²) in [5.74, 6) is -0.541. The molecule has 0 saturated heterocycles. The first kappa shape index (κ1) is 13.3. The molecule has 0 aliphatic rings. The lowest BCUT2D eigenvalue weighted by Gasteiger charge is -2.07. The zero-order chi connectivity index (χ0) is 12.8. The van der Waals surface area contributed by atoms with E-state index in [9.17, 15) is 13.6 Å². The van der Waals surface area contributed by atoms with E-state index in [1.807, 2.05) is 0 Å². The van der Waals surface area contributed by atoms with Gasteiger partial charge >= 0.3 is 6.61 Å². The van der Waals surface area contributed by atoms with Crippen molar-refractivity contribution in [1.82, 2.24) is 5.32 Å². The molecule has 3 N–H and O–H groups in total. The van der Waals surface area contributed by atoms with Crippen molar-refractivity contribution in [3.8, 4) is 5.75 Å². The predicted molar refractivity (Wildman–Crippen MR) is 62.2 cm³/mol. The molecule has 0 bridgehead atoms. The molecule has 92 valence electrons. The molecule has 0 aromatic heterocycles. The third-order valence-electron chi connectivity index (χ3n) is 1.74. The summed E-state index contributed by atoms with van der Waals surface area (Å²) in [4.78, 5) is 11.7. The first-order chi connectivity index (χ1) is 7.99. The van der Waals surface area contributed by atoms with E-state index in [4.69, 9.17) is 5.73 Å². The fourth-order valence-electron chi connectivity index (χ4n) is 1.08. The van der Waals surface area contributed by atoms with Crippen molar-refractivity contribution in [2.75, 3.05) is 6.54 Å². The maximum atomic E-state index is 12.0. The van der Waals surface area contributed by atoms with Gasteiger partial charge in [0.25, 0.3) is 5.91 Å². The summed E-state index contributed by atoms with van der Waals surface area (Å²) >= 11 is 4.59. The van der Waals surface area contributed by atoms with Gasteiger partial charge in [-0.25, -0.2) is 0 Å². The van der Waals surface area contributed by atoms with Gasteiger partial charge in [0.1, 0.15) is 5.75 Å². The average molecular weight is 260 g/mol. The number of hydrogen-bond acceptors (Lipinski definition) is 3. The Hall–Kier alpha value is -1.76. The van der Waals surface area contributed by atoms with E-state index in [1.165, 1.54) is 24.3 Å². The van der Waals surface area contributed by atoms with Gasteiger partial charge in [0, 0.05) is 5.56 Å². The van der Waals surface area contributed by atoms with Gasteiger partial charge in [0.2, 0.25) is 0 Å². The van der Waals surface area contributed by atoms with Gasteiger partial charge < -0.3 is 15.8 Å². The highest BCUT2D eigenvalue weighted by Crippen LogP contribution is 2.15. The molecule has 4 nitrogen and oxygen atoms in total. The molecule has 1 rings (SSSR count). The largest absolute Gasteiger partial charge is 0.435 e. The zero-order valence-electron chi connectivity index (χ0n) is 8.65. The molecule has 0 fully saturated rings. The van der Waals surface area contributed by atoms with Gasteiger partial charge in [-0.2, -0.15) is 8.78 Å². The van der Waals surface area contributed by atoms with E-state index in [-0.39, 0.29) is 22.8 Å². The predicted octanol–water partition coefficient (Wildman–Crippen LogP) is 1.30. The van der Waals surface area contributed by atoms with Crippen LogP contribution >= 0.6 is 12.2 Å². The smallest absolute Gasteiger partial charge is 0.387 e. The molecule has 17 heavy (non-hydrogen) atoms. The van der Waals surface area contributed by atoms with Crippen molar-refractivity contribution in [3.05, 3.63) is 29.8 Å². The maximum absolute atomic E-state index is 12.0. The lowest BCUT2D eigenvalue weighted by Crippen LogP contribution is -2.32. The molecular weight excluding hydrogens is 250 g/mol. The standard InChI is InChI=1S/C10H10F2N2O2S/c11-10(12)16-7-3-1-2-6(4-7)9(15)14-5-8(13)17/h1-4,10H,5H2,(H2,13,17)(H,14,15). The Morgan fingerprint density at radius 1 is 1.53 bits per heavy atom. The third-order valence-corrected chi connectivity index (χ3v) is 1.89. The average Bonchev–Trinajstić information content (AvgIpc) is 2.25. The molecule has 0 aliphatic heterocycles. The first-order valence-electron chi connectivity index (χ1n) is 4.60. The second kappa shape index (κ2) is 6.09. The van der Waals surface area contributed by atoms with E-state index in [0.717, 1.165) is 0 Å². The van der Waals surface area contributed by atoms with Crippen LogP contribution in [0.2, 0.25) is 0 Å². The lowest BCUT2D eigenvalue weighted by molar-refractivity contribution is -0.0498. The van der Waals surface area contributed by atoms with Gasteiger partial charge in [0.05, 0.1) is 11.5 Å². The van der Waals surface area contributed by atoms with Crippen LogP contribution in [0.3, 0.4) is 0 Å². The molecule has 1 amide bonds. The summed E-state index contributed by atoms with van der Waals surface area (Å²) in [6.45, 7) is -2.88. The van der Waals surface area contributed by atoms with Gasteiger partial charge in [-0.3, -0.25) is 4.79 Å². The highest BCUT2D eigenvalue weighted by Gasteiger charge is 2.09. The molecule has 0 heterocycles. The number of hydrogen-bond donors (Lipinski definition) is 2. The Balaban J connectivity index is 2.70. The van der Waals surface area contributed by atoms with E-state index in [1.54, 1.807) is 0 Å². The number of rotatable bonds is 5. The van der Waals surface area contributed by atoms with Crippen molar-refractivity contribution in [1.29, 1.82) is 0 Å². The Labute approximate surface area is 102 Å². The summed E-state index contributed by atoms with van der Waals surface area (Å²) in [5.41, 5.74) is 5.40. The molecule has 0 atom stereocenters. The normalized spacial score (nSPS) is 10.1. The molecule has 0 aliphatic carbocycles. The van der Waals surface area contributed by atoms with Crippen molar-refractivity contribution < 1.29 is 18.3 Å². The third kappa shape index (κ3) is 4.73. The van der Waals surface area contributed by atoms with Crippen molar-refractivity contribution >= 4 is 23.1 Å². The number of nitrogens with two attached hydrogens (primary N) is 1. The number of carbonyl (C=O) groups excluding carboxylic acids is 1. The monoisotopic (exact) mass is 260 g/mol. The summed E-state index contributed by atoms with van der Waals surface area (Å²) in [6.07, 6.45) is 0. The Morgan fingerprint density at radius 2 is 2.24 bits per heavy atom. The summed E-state index contributed by atoms with van der Waals surface area (Å²) in [5, 5.41) is 2.43. The topological polar surface area (TPSA) is 64.3 Å². The number of benzene rings is 1. The molecule has 0 radical (unpaired) electrons. The second-order valence-electron chi connectivity index (χ2n) is 3.06. The van der Waals surface area contributed by atoms with Crippen LogP contribution in [-0.4, -0.2) is 24.1 Å². The lowest BCUT2D eigenvalue weighted by atomic mass is 10.2. The van der Waals surface area contributed by atoms with Crippen LogP contribution < -0.4 is 15.8 Å². The van der Waals surface area contributed by atoms with Crippen LogP contribution in [0.15, 0.2) is 24.3 Å². The van der Waals surface area contributed by atoms with Crippen LogP contribution in [0.5, 0.6) is 5.75 Å². The zero-order valence-corrected chi connectivity index (χ0v) is 9.47. The molecular formula is C10H10F2N2O2S. The van der Waals surface area contributed by atoms with E-state index < -0.39 is 12.5 Å². The fraction of sp³-hybridized carbons (Fsp3) is 0.200. The fourth-order valence-corrected chi connectivity index (χ4v) is 1.16. The molecule has 1 aromatic rings. The summed E-state index contributed by atoms with van der Waals surface area (Å²) in [6, 6.07) is 5.44. The second-order valence-corrected chi connectivity index (χ2v) is 3.58. The number of carbonyl (C=O) groups is 1. The molecule has 1 aromatic carbocycles. The number of ether oxygens (including phenoxy) is 1. The van der Waals surface area contributed by atoms with E-state index in [0.29, 0.717) is 0 Å². The Kier molecular flexibility index (Phi) is 4.77. The molecule has 0 spiro atoms. The summed E-state index contributed by atoms with van der Waals surface area (Å²) < 4.78 is 28.1. The van der Waals surface area contributed by atoms with E-state index >= 15 is 0 Å². The molecule has 0 saturated carbocycles. The van der Waals surface area contributed by atoms with Crippen molar-refractivity contribution in [2.45, 2.75) is 6.61 Å². The maximum Gasteiger partial charge on any atom is 0.387 e. The Morgan fingerprint density at radius 3 is 2.82 bits per heavy atom. The van der Waals surface area contributed by atoms with Crippen LogP contribution in [0.25, 0.3) is 0 Å². The number of alkyl halides is 2. The van der Waals surface area contributed by atoms with Gasteiger partial charge in [-0.05, 0) is 18.2 Å². The molecule has 7 heteroatoms. The van der Waals surface area contributed by atoms with E-state index in [2.05, 4.69) is 22.3 Å². The van der Waals surface area contributed by atoms with Gasteiger partial charge in [0.15, 0.2) is 0 Å². The first-order valence-corrected chi connectivity index (χ1v) is 5.01. The minimum Gasteiger partial charge on any atom is -0.435 e. The number of thiocarbonyl (C=S) groups is 1.